The number of rotatable bonds is 3. The predicted molar refractivity (Wildman–Crippen MR) is 91.9 cm³/mol. The lowest BCUT2D eigenvalue weighted by Crippen LogP contribution is -2.49. The summed E-state index contributed by atoms with van der Waals surface area (Å²) in [6.07, 6.45) is -2.27. The van der Waals surface area contributed by atoms with Gasteiger partial charge in [-0.25, -0.2) is 0 Å². The van der Waals surface area contributed by atoms with Gasteiger partial charge < -0.3 is 14.5 Å². The van der Waals surface area contributed by atoms with E-state index in [4.69, 9.17) is 4.74 Å². The molecule has 0 aromatic rings. The van der Waals surface area contributed by atoms with Crippen molar-refractivity contribution >= 4 is 11.8 Å². The van der Waals surface area contributed by atoms with E-state index in [9.17, 15) is 22.8 Å². The summed E-state index contributed by atoms with van der Waals surface area (Å²) in [5, 5.41) is 0. The second-order valence-electron chi connectivity index (χ2n) is 7.75. The maximum absolute atomic E-state index is 12.7. The van der Waals surface area contributed by atoms with Gasteiger partial charge in [-0.2, -0.15) is 13.2 Å². The summed E-state index contributed by atoms with van der Waals surface area (Å²) in [5.74, 6) is -1.44. The van der Waals surface area contributed by atoms with Gasteiger partial charge in [-0.05, 0) is 31.6 Å². The van der Waals surface area contributed by atoms with Crippen LogP contribution in [0.3, 0.4) is 0 Å². The molecule has 0 saturated carbocycles. The monoisotopic (exact) mass is 391 g/mol. The molecule has 6 nitrogen and oxygen atoms in total. The van der Waals surface area contributed by atoms with Gasteiger partial charge in [-0.3, -0.25) is 14.5 Å². The van der Waals surface area contributed by atoms with Crippen molar-refractivity contribution in [3.05, 3.63) is 0 Å². The molecule has 9 heteroatoms. The van der Waals surface area contributed by atoms with Crippen molar-refractivity contribution in [1.82, 2.24) is 14.7 Å². The number of halogens is 3. The average Bonchev–Trinajstić information content (AvgIpc) is 2.68. The average molecular weight is 391 g/mol. The van der Waals surface area contributed by atoms with Crippen LogP contribution in [0.5, 0.6) is 0 Å². The minimum Gasteiger partial charge on any atom is -0.379 e. The number of nitrogens with zero attached hydrogens (tertiary/aromatic N) is 3. The summed E-state index contributed by atoms with van der Waals surface area (Å²) >= 11 is 0. The molecule has 3 saturated heterocycles. The van der Waals surface area contributed by atoms with E-state index in [1.54, 1.807) is 0 Å². The van der Waals surface area contributed by atoms with Crippen molar-refractivity contribution in [2.45, 2.75) is 31.9 Å². The molecule has 0 spiro atoms. The van der Waals surface area contributed by atoms with Crippen LogP contribution in [0.15, 0.2) is 0 Å². The lowest BCUT2D eigenvalue weighted by Gasteiger charge is -2.39. The van der Waals surface area contributed by atoms with Gasteiger partial charge in [0.1, 0.15) is 0 Å². The van der Waals surface area contributed by atoms with Gasteiger partial charge in [0.25, 0.3) is 0 Å². The fraction of sp³-hybridized carbons (Fsp3) is 0.889. The van der Waals surface area contributed by atoms with E-state index in [1.165, 1.54) is 0 Å². The number of carbonyl (C=O) groups is 2. The molecule has 0 atom stereocenters. The number of likely N-dealkylation sites (tertiary alicyclic amines) is 2. The quantitative estimate of drug-likeness (QED) is 0.729. The van der Waals surface area contributed by atoms with Crippen molar-refractivity contribution in [3.8, 4) is 0 Å². The molecule has 3 aliphatic heterocycles. The minimum absolute atomic E-state index is 0.00223. The number of hydrogen-bond acceptors (Lipinski definition) is 4. The molecule has 0 N–H and O–H groups in total. The van der Waals surface area contributed by atoms with E-state index >= 15 is 0 Å². The molecule has 0 bridgehead atoms. The minimum atomic E-state index is -4.83. The Morgan fingerprint density at radius 2 is 1.41 bits per heavy atom. The second-order valence-corrected chi connectivity index (χ2v) is 7.75. The van der Waals surface area contributed by atoms with Crippen molar-refractivity contribution < 1.29 is 27.5 Å². The summed E-state index contributed by atoms with van der Waals surface area (Å²) in [6.45, 7) is 5.99. The maximum Gasteiger partial charge on any atom is 0.471 e. The lowest BCUT2D eigenvalue weighted by molar-refractivity contribution is -0.187. The first kappa shape index (κ1) is 20.4. The summed E-state index contributed by atoms with van der Waals surface area (Å²) in [4.78, 5) is 29.1. The van der Waals surface area contributed by atoms with E-state index in [-0.39, 0.29) is 24.9 Å². The Kier molecular flexibility index (Phi) is 6.62. The third kappa shape index (κ3) is 5.34. The topological polar surface area (TPSA) is 53.1 Å². The number of carbonyl (C=O) groups excluding carboxylic acids is 2. The fourth-order valence-corrected chi connectivity index (χ4v) is 4.25. The highest BCUT2D eigenvalue weighted by atomic mass is 19.4. The van der Waals surface area contributed by atoms with E-state index in [1.807, 2.05) is 4.90 Å². The molecule has 0 aromatic carbocycles. The van der Waals surface area contributed by atoms with Crippen molar-refractivity contribution in [1.29, 1.82) is 0 Å². The van der Waals surface area contributed by atoms with E-state index in [2.05, 4.69) is 4.90 Å². The first-order valence-corrected chi connectivity index (χ1v) is 9.79. The van der Waals surface area contributed by atoms with Crippen LogP contribution in [0.4, 0.5) is 13.2 Å². The van der Waals surface area contributed by atoms with Crippen LogP contribution in [0, 0.1) is 11.8 Å². The molecule has 27 heavy (non-hydrogen) atoms. The predicted octanol–water partition coefficient (Wildman–Crippen LogP) is 1.36. The van der Waals surface area contributed by atoms with Gasteiger partial charge in [-0.15, -0.1) is 0 Å². The van der Waals surface area contributed by atoms with Gasteiger partial charge in [0, 0.05) is 51.7 Å². The number of amides is 2. The molecule has 0 aliphatic carbocycles. The Hall–Kier alpha value is -1.35. The summed E-state index contributed by atoms with van der Waals surface area (Å²) in [5.41, 5.74) is 0. The molecule has 0 unspecified atom stereocenters. The first-order chi connectivity index (χ1) is 12.8. The smallest absolute Gasteiger partial charge is 0.379 e. The van der Waals surface area contributed by atoms with Crippen LogP contribution in [-0.2, 0) is 14.3 Å². The third-order valence-electron chi connectivity index (χ3n) is 5.92. The zero-order valence-electron chi connectivity index (χ0n) is 15.5. The van der Waals surface area contributed by atoms with E-state index in [0.717, 1.165) is 63.7 Å². The van der Waals surface area contributed by atoms with Gasteiger partial charge in [-0.1, -0.05) is 0 Å². The Morgan fingerprint density at radius 1 is 0.852 bits per heavy atom. The number of alkyl halides is 3. The van der Waals surface area contributed by atoms with E-state index in [0.29, 0.717) is 18.8 Å². The van der Waals surface area contributed by atoms with E-state index < -0.39 is 12.1 Å². The molecule has 154 valence electrons. The van der Waals surface area contributed by atoms with Gasteiger partial charge in [0.15, 0.2) is 0 Å². The number of morpholine rings is 1. The Morgan fingerprint density at radius 3 is 1.96 bits per heavy atom. The molecule has 3 heterocycles. The van der Waals surface area contributed by atoms with Gasteiger partial charge in [0.05, 0.1) is 13.2 Å². The maximum atomic E-state index is 12.7. The van der Waals surface area contributed by atoms with Crippen LogP contribution < -0.4 is 0 Å². The number of hydrogen-bond donors (Lipinski definition) is 0. The van der Waals surface area contributed by atoms with Crippen LogP contribution in [0.1, 0.15) is 25.7 Å². The summed E-state index contributed by atoms with van der Waals surface area (Å²) in [6, 6.07) is 0. The SMILES string of the molecule is O=C(C1CCN(C(=O)C(F)(F)F)CC1)N1CCC(CN2CCOCC2)CC1. The third-order valence-corrected chi connectivity index (χ3v) is 5.92. The Labute approximate surface area is 157 Å². The zero-order valence-corrected chi connectivity index (χ0v) is 15.5. The standard InChI is InChI=1S/C18H28F3N3O3/c19-18(20,21)17(26)24-7-3-15(4-8-24)16(25)23-5-1-14(2-6-23)13-22-9-11-27-12-10-22/h14-15H,1-13H2. The van der Waals surface area contributed by atoms with Crippen LogP contribution >= 0.6 is 0 Å². The summed E-state index contributed by atoms with van der Waals surface area (Å²) < 4.78 is 42.9. The molecule has 3 fully saturated rings. The highest BCUT2D eigenvalue weighted by Gasteiger charge is 2.44. The molecular weight excluding hydrogens is 363 g/mol. The molecule has 0 aromatic heterocycles. The Balaban J connectivity index is 1.40. The van der Waals surface area contributed by atoms with Crippen LogP contribution in [-0.4, -0.2) is 91.7 Å². The fourth-order valence-electron chi connectivity index (χ4n) is 4.25. The lowest BCUT2D eigenvalue weighted by atomic mass is 9.91. The highest BCUT2D eigenvalue weighted by Crippen LogP contribution is 2.27. The van der Waals surface area contributed by atoms with Crippen molar-refractivity contribution in [2.75, 3.05) is 59.0 Å². The second kappa shape index (κ2) is 8.77. The zero-order chi connectivity index (χ0) is 19.4. The first-order valence-electron chi connectivity index (χ1n) is 9.79. The van der Waals surface area contributed by atoms with Crippen LogP contribution in [0.2, 0.25) is 0 Å². The van der Waals surface area contributed by atoms with Crippen molar-refractivity contribution in [2.24, 2.45) is 11.8 Å². The number of ether oxygens (including phenoxy) is 1. The van der Waals surface area contributed by atoms with Crippen molar-refractivity contribution in [3.63, 3.8) is 0 Å². The van der Waals surface area contributed by atoms with Crippen LogP contribution in [0.25, 0.3) is 0 Å². The summed E-state index contributed by atoms with van der Waals surface area (Å²) in [7, 11) is 0. The number of piperidine rings is 2. The largest absolute Gasteiger partial charge is 0.471 e. The molecule has 2 amide bonds. The highest BCUT2D eigenvalue weighted by molar-refractivity contribution is 5.83. The Bertz CT molecular complexity index is 522. The molecule has 3 aliphatic rings. The molecular formula is C18H28F3N3O3. The molecule has 3 rings (SSSR count). The van der Waals surface area contributed by atoms with Gasteiger partial charge in [0.2, 0.25) is 5.91 Å². The van der Waals surface area contributed by atoms with Gasteiger partial charge >= 0.3 is 12.1 Å². The molecule has 0 radical (unpaired) electrons. The normalized spacial score (nSPS) is 24.3.